The van der Waals surface area contributed by atoms with E-state index in [1.165, 1.54) is 5.69 Å². The number of methoxy groups -OCH3 is 1. The highest BCUT2D eigenvalue weighted by Crippen LogP contribution is 2.20. The monoisotopic (exact) mass is 179 g/mol. The lowest BCUT2D eigenvalue weighted by Crippen LogP contribution is -2.03. The number of aromatic nitrogens is 1. The van der Waals surface area contributed by atoms with Crippen LogP contribution in [0.1, 0.15) is 31.4 Å². The third-order valence-corrected chi connectivity index (χ3v) is 2.27. The van der Waals surface area contributed by atoms with Gasteiger partial charge in [0.1, 0.15) is 0 Å². The molecule has 0 aliphatic carbocycles. The Morgan fingerprint density at radius 1 is 1.46 bits per heavy atom. The average molecular weight is 179 g/mol. The highest BCUT2D eigenvalue weighted by Gasteiger charge is 2.08. The Balaban J connectivity index is 2.56. The molecule has 1 rings (SSSR count). The zero-order valence-electron chi connectivity index (χ0n) is 8.36. The molecule has 2 heteroatoms. The van der Waals surface area contributed by atoms with Gasteiger partial charge in [0.25, 0.3) is 0 Å². The van der Waals surface area contributed by atoms with E-state index in [1.54, 1.807) is 7.11 Å². The fourth-order valence-electron chi connectivity index (χ4n) is 1.44. The second-order valence-electron chi connectivity index (χ2n) is 3.14. The van der Waals surface area contributed by atoms with Crippen molar-refractivity contribution in [1.29, 1.82) is 0 Å². The molecule has 0 saturated heterocycles. The molecule has 0 N–H and O–H groups in total. The molecular formula is C11H17NO. The molecule has 1 heterocycles. The Labute approximate surface area is 80.0 Å². The highest BCUT2D eigenvalue weighted by molar-refractivity contribution is 5.08. The number of hydrogen-bond donors (Lipinski definition) is 0. The van der Waals surface area contributed by atoms with E-state index in [4.69, 9.17) is 4.74 Å². The van der Waals surface area contributed by atoms with Crippen molar-refractivity contribution < 1.29 is 4.74 Å². The van der Waals surface area contributed by atoms with Gasteiger partial charge in [-0.2, -0.15) is 0 Å². The van der Waals surface area contributed by atoms with Crippen molar-refractivity contribution in [2.24, 2.45) is 0 Å². The van der Waals surface area contributed by atoms with Gasteiger partial charge >= 0.3 is 0 Å². The van der Waals surface area contributed by atoms with E-state index in [9.17, 15) is 0 Å². The first kappa shape index (κ1) is 10.2. The fourth-order valence-corrected chi connectivity index (χ4v) is 1.44. The third kappa shape index (κ3) is 3.15. The molecule has 1 aromatic heterocycles. The Morgan fingerprint density at radius 3 is 2.85 bits per heavy atom. The first-order valence-corrected chi connectivity index (χ1v) is 4.78. The average Bonchev–Trinajstić information content (AvgIpc) is 2.21. The van der Waals surface area contributed by atoms with E-state index in [1.807, 2.05) is 18.3 Å². The zero-order valence-corrected chi connectivity index (χ0v) is 8.36. The van der Waals surface area contributed by atoms with Crippen LogP contribution in [0, 0.1) is 0 Å². The number of nitrogens with zero attached hydrogens (tertiary/aromatic N) is 1. The SMILES string of the molecule is CCC(CCOC)c1ccccn1. The molecule has 0 fully saturated rings. The van der Waals surface area contributed by atoms with Gasteiger partial charge in [-0.3, -0.25) is 4.98 Å². The Bertz CT molecular complexity index is 223. The number of hydrogen-bond acceptors (Lipinski definition) is 2. The highest BCUT2D eigenvalue weighted by atomic mass is 16.5. The van der Waals surface area contributed by atoms with Crippen LogP contribution in [0.4, 0.5) is 0 Å². The molecule has 0 saturated carbocycles. The van der Waals surface area contributed by atoms with Gasteiger partial charge in [0.2, 0.25) is 0 Å². The maximum absolute atomic E-state index is 5.07. The maximum Gasteiger partial charge on any atom is 0.0468 e. The van der Waals surface area contributed by atoms with Crippen LogP contribution in [0.15, 0.2) is 24.4 Å². The summed E-state index contributed by atoms with van der Waals surface area (Å²) in [6.07, 6.45) is 4.04. The summed E-state index contributed by atoms with van der Waals surface area (Å²) in [4.78, 5) is 4.35. The van der Waals surface area contributed by atoms with Crippen LogP contribution >= 0.6 is 0 Å². The van der Waals surface area contributed by atoms with Crippen molar-refractivity contribution in [3.05, 3.63) is 30.1 Å². The topological polar surface area (TPSA) is 22.1 Å². The van der Waals surface area contributed by atoms with Gasteiger partial charge in [-0.15, -0.1) is 0 Å². The Hall–Kier alpha value is -0.890. The summed E-state index contributed by atoms with van der Waals surface area (Å²) in [5.74, 6) is 0.543. The maximum atomic E-state index is 5.07. The predicted molar refractivity (Wildman–Crippen MR) is 53.8 cm³/mol. The van der Waals surface area contributed by atoms with E-state index < -0.39 is 0 Å². The summed E-state index contributed by atoms with van der Waals surface area (Å²) >= 11 is 0. The smallest absolute Gasteiger partial charge is 0.0468 e. The number of rotatable bonds is 5. The first-order valence-electron chi connectivity index (χ1n) is 4.78. The summed E-state index contributed by atoms with van der Waals surface area (Å²) in [5.41, 5.74) is 1.18. The molecule has 13 heavy (non-hydrogen) atoms. The molecule has 1 atom stereocenters. The molecule has 0 radical (unpaired) electrons. The molecule has 2 nitrogen and oxygen atoms in total. The summed E-state index contributed by atoms with van der Waals surface area (Å²) in [7, 11) is 1.74. The Morgan fingerprint density at radius 2 is 2.31 bits per heavy atom. The van der Waals surface area contributed by atoms with Gasteiger partial charge in [0, 0.05) is 31.5 Å². The van der Waals surface area contributed by atoms with Crippen LogP contribution in [-0.2, 0) is 4.74 Å². The second-order valence-corrected chi connectivity index (χ2v) is 3.14. The van der Waals surface area contributed by atoms with Gasteiger partial charge in [-0.1, -0.05) is 13.0 Å². The minimum atomic E-state index is 0.543. The first-order chi connectivity index (χ1) is 6.38. The van der Waals surface area contributed by atoms with E-state index >= 15 is 0 Å². The quantitative estimate of drug-likeness (QED) is 0.693. The summed E-state index contributed by atoms with van der Waals surface area (Å²) < 4.78 is 5.07. The summed E-state index contributed by atoms with van der Waals surface area (Å²) in [6.45, 7) is 3.00. The summed E-state index contributed by atoms with van der Waals surface area (Å²) in [5, 5.41) is 0. The van der Waals surface area contributed by atoms with Crippen LogP contribution in [-0.4, -0.2) is 18.7 Å². The van der Waals surface area contributed by atoms with Crippen LogP contribution in [0.2, 0.25) is 0 Å². The van der Waals surface area contributed by atoms with E-state index in [-0.39, 0.29) is 0 Å². The molecule has 1 unspecified atom stereocenters. The van der Waals surface area contributed by atoms with Crippen molar-refractivity contribution in [2.75, 3.05) is 13.7 Å². The fraction of sp³-hybridized carbons (Fsp3) is 0.545. The molecule has 0 bridgehead atoms. The third-order valence-electron chi connectivity index (χ3n) is 2.27. The molecule has 1 aromatic rings. The molecule has 0 amide bonds. The normalized spacial score (nSPS) is 12.8. The minimum absolute atomic E-state index is 0.543. The van der Waals surface area contributed by atoms with Crippen molar-refractivity contribution in [3.63, 3.8) is 0 Å². The van der Waals surface area contributed by atoms with Gasteiger partial charge in [0.05, 0.1) is 0 Å². The summed E-state index contributed by atoms with van der Waals surface area (Å²) in [6, 6.07) is 6.08. The van der Waals surface area contributed by atoms with Crippen molar-refractivity contribution in [3.8, 4) is 0 Å². The standard InChI is InChI=1S/C11H17NO/c1-3-10(7-9-13-2)11-6-4-5-8-12-11/h4-6,8,10H,3,7,9H2,1-2H3. The molecule has 0 aromatic carbocycles. The van der Waals surface area contributed by atoms with Gasteiger partial charge in [0.15, 0.2) is 0 Å². The molecular weight excluding hydrogens is 162 g/mol. The largest absolute Gasteiger partial charge is 0.385 e. The zero-order chi connectivity index (χ0) is 9.52. The molecule has 0 spiro atoms. The van der Waals surface area contributed by atoms with E-state index in [2.05, 4.69) is 18.0 Å². The van der Waals surface area contributed by atoms with Gasteiger partial charge < -0.3 is 4.74 Å². The van der Waals surface area contributed by atoms with E-state index in [0.717, 1.165) is 19.4 Å². The second kappa shape index (κ2) is 5.70. The predicted octanol–water partition coefficient (Wildman–Crippen LogP) is 2.61. The number of pyridine rings is 1. The van der Waals surface area contributed by atoms with Crippen molar-refractivity contribution in [1.82, 2.24) is 4.98 Å². The lowest BCUT2D eigenvalue weighted by molar-refractivity contribution is 0.186. The van der Waals surface area contributed by atoms with Crippen molar-refractivity contribution in [2.45, 2.75) is 25.7 Å². The van der Waals surface area contributed by atoms with E-state index in [0.29, 0.717) is 5.92 Å². The molecule has 0 aliphatic heterocycles. The van der Waals surface area contributed by atoms with Gasteiger partial charge in [-0.25, -0.2) is 0 Å². The molecule has 0 aliphatic rings. The van der Waals surface area contributed by atoms with Crippen molar-refractivity contribution >= 4 is 0 Å². The lowest BCUT2D eigenvalue weighted by atomic mass is 9.98. The van der Waals surface area contributed by atoms with Crippen LogP contribution in [0.5, 0.6) is 0 Å². The lowest BCUT2D eigenvalue weighted by Gasteiger charge is -2.12. The minimum Gasteiger partial charge on any atom is -0.385 e. The Kier molecular flexibility index (Phi) is 4.47. The number of ether oxygens (including phenoxy) is 1. The van der Waals surface area contributed by atoms with Gasteiger partial charge in [-0.05, 0) is 25.0 Å². The molecule has 72 valence electrons. The van der Waals surface area contributed by atoms with Crippen LogP contribution < -0.4 is 0 Å². The van der Waals surface area contributed by atoms with Crippen LogP contribution in [0.25, 0.3) is 0 Å². The van der Waals surface area contributed by atoms with Crippen LogP contribution in [0.3, 0.4) is 0 Å².